The Morgan fingerprint density at radius 3 is 2.83 bits per heavy atom. The van der Waals surface area contributed by atoms with Gasteiger partial charge < -0.3 is 5.11 Å². The highest BCUT2D eigenvalue weighted by Crippen LogP contribution is 2.39. The molecule has 0 bridgehead atoms. The lowest BCUT2D eigenvalue weighted by Gasteiger charge is -2.11. The minimum atomic E-state index is 0.200. The Labute approximate surface area is 139 Å². The first-order chi connectivity index (χ1) is 11.2. The second-order valence-electron chi connectivity index (χ2n) is 4.78. The Bertz CT molecular complexity index is 994. The smallest absolute Gasteiger partial charge is 0.179 e. The Morgan fingerprint density at radius 1 is 1.17 bits per heavy atom. The van der Waals surface area contributed by atoms with E-state index in [1.54, 1.807) is 29.0 Å². The maximum atomic E-state index is 10.3. The van der Waals surface area contributed by atoms with Crippen LogP contribution in [0.1, 0.15) is 5.01 Å². The molecule has 0 fully saturated rings. The van der Waals surface area contributed by atoms with Crippen molar-refractivity contribution in [3.63, 3.8) is 0 Å². The van der Waals surface area contributed by atoms with Crippen LogP contribution in [0.15, 0.2) is 52.0 Å². The van der Waals surface area contributed by atoms with Gasteiger partial charge in [-0.3, -0.25) is 0 Å². The molecular weight excluding hydrogens is 330 g/mol. The van der Waals surface area contributed by atoms with E-state index >= 15 is 0 Å². The third kappa shape index (κ3) is 2.55. The van der Waals surface area contributed by atoms with Crippen LogP contribution in [0.2, 0.25) is 0 Å². The monoisotopic (exact) mass is 341 g/mol. The zero-order chi connectivity index (χ0) is 15.8. The summed E-state index contributed by atoms with van der Waals surface area (Å²) in [5, 5.41) is 23.7. The number of phenols is 1. The molecule has 0 saturated heterocycles. The SMILES string of the molecule is Cc1nnc(Sc2cnc3ccnn3c2-c2ccccc2O)s1. The Hall–Kier alpha value is -2.45. The largest absolute Gasteiger partial charge is 0.507 e. The van der Waals surface area contributed by atoms with E-state index in [9.17, 15) is 5.11 Å². The number of aromatic nitrogens is 5. The van der Waals surface area contributed by atoms with Crippen molar-refractivity contribution in [3.05, 3.63) is 47.7 Å². The summed E-state index contributed by atoms with van der Waals surface area (Å²) in [4.78, 5) is 5.27. The summed E-state index contributed by atoms with van der Waals surface area (Å²) < 4.78 is 2.55. The van der Waals surface area contributed by atoms with E-state index in [1.807, 2.05) is 25.1 Å². The standard InChI is InChI=1S/C15H11N5OS2/c1-9-18-19-15(22-9)23-12-8-16-13-6-7-17-20(13)14(12)10-4-2-3-5-11(10)21/h2-8,21H,1H3. The van der Waals surface area contributed by atoms with Crippen molar-refractivity contribution >= 4 is 28.7 Å². The van der Waals surface area contributed by atoms with Gasteiger partial charge in [0.05, 0.1) is 16.8 Å². The van der Waals surface area contributed by atoms with Crippen LogP contribution in [-0.4, -0.2) is 29.9 Å². The van der Waals surface area contributed by atoms with Crippen LogP contribution in [0.3, 0.4) is 0 Å². The predicted octanol–water partition coefficient (Wildman–Crippen LogP) is 3.41. The number of para-hydroxylation sites is 1. The minimum absolute atomic E-state index is 0.200. The molecule has 0 aliphatic heterocycles. The second-order valence-corrected chi connectivity index (χ2v) is 7.25. The van der Waals surface area contributed by atoms with Gasteiger partial charge in [-0.2, -0.15) is 5.10 Å². The average Bonchev–Trinajstić information content (AvgIpc) is 3.17. The molecule has 0 aliphatic carbocycles. The van der Waals surface area contributed by atoms with Crippen LogP contribution in [0, 0.1) is 6.92 Å². The number of rotatable bonds is 3. The lowest BCUT2D eigenvalue weighted by molar-refractivity contribution is 0.476. The van der Waals surface area contributed by atoms with Gasteiger partial charge in [0.1, 0.15) is 10.8 Å². The van der Waals surface area contributed by atoms with E-state index in [2.05, 4.69) is 20.3 Å². The molecule has 1 aromatic carbocycles. The van der Waals surface area contributed by atoms with Crippen LogP contribution < -0.4 is 0 Å². The number of aromatic hydroxyl groups is 1. The van der Waals surface area contributed by atoms with E-state index in [4.69, 9.17) is 0 Å². The van der Waals surface area contributed by atoms with Gasteiger partial charge in [-0.25, -0.2) is 9.50 Å². The molecule has 3 aromatic heterocycles. The molecule has 6 nitrogen and oxygen atoms in total. The molecule has 8 heteroatoms. The molecule has 0 spiro atoms. The molecule has 0 radical (unpaired) electrons. The summed E-state index contributed by atoms with van der Waals surface area (Å²) in [6.07, 6.45) is 3.47. The summed E-state index contributed by atoms with van der Waals surface area (Å²) >= 11 is 2.99. The van der Waals surface area contributed by atoms with Crippen molar-refractivity contribution < 1.29 is 5.11 Å². The molecule has 4 rings (SSSR count). The highest BCUT2D eigenvalue weighted by atomic mass is 32.2. The van der Waals surface area contributed by atoms with Crippen molar-refractivity contribution in [3.8, 4) is 17.0 Å². The van der Waals surface area contributed by atoms with Gasteiger partial charge in [0.2, 0.25) is 0 Å². The highest BCUT2D eigenvalue weighted by molar-refractivity contribution is 8.01. The fraction of sp³-hybridized carbons (Fsp3) is 0.0667. The molecule has 0 atom stereocenters. The number of fused-ring (bicyclic) bond motifs is 1. The summed E-state index contributed by atoms with van der Waals surface area (Å²) in [6.45, 7) is 1.92. The maximum absolute atomic E-state index is 10.3. The summed E-state index contributed by atoms with van der Waals surface area (Å²) in [7, 11) is 0. The topological polar surface area (TPSA) is 76.2 Å². The van der Waals surface area contributed by atoms with Crippen molar-refractivity contribution in [1.82, 2.24) is 24.8 Å². The fourth-order valence-corrected chi connectivity index (χ4v) is 4.15. The van der Waals surface area contributed by atoms with Crippen molar-refractivity contribution in [1.29, 1.82) is 0 Å². The average molecular weight is 341 g/mol. The van der Waals surface area contributed by atoms with Crippen LogP contribution >= 0.6 is 23.1 Å². The lowest BCUT2D eigenvalue weighted by Crippen LogP contribution is -1.98. The number of hydrogen-bond acceptors (Lipinski definition) is 7. The maximum Gasteiger partial charge on any atom is 0.179 e. The summed E-state index contributed by atoms with van der Waals surface area (Å²) in [5.74, 6) is 0.200. The van der Waals surface area contributed by atoms with Gasteiger partial charge >= 0.3 is 0 Å². The van der Waals surface area contributed by atoms with Crippen molar-refractivity contribution in [2.24, 2.45) is 0 Å². The Balaban J connectivity index is 1.93. The number of aryl methyl sites for hydroxylation is 1. The van der Waals surface area contributed by atoms with Gasteiger partial charge in [0.25, 0.3) is 0 Å². The van der Waals surface area contributed by atoms with Crippen LogP contribution in [0.5, 0.6) is 5.75 Å². The molecule has 0 saturated carbocycles. The fourth-order valence-electron chi connectivity index (χ4n) is 2.27. The lowest BCUT2D eigenvalue weighted by atomic mass is 10.1. The molecule has 114 valence electrons. The van der Waals surface area contributed by atoms with E-state index in [1.165, 1.54) is 23.1 Å². The van der Waals surface area contributed by atoms with Gasteiger partial charge in [-0.15, -0.1) is 10.2 Å². The van der Waals surface area contributed by atoms with E-state index in [-0.39, 0.29) is 5.75 Å². The van der Waals surface area contributed by atoms with Crippen LogP contribution in [0.25, 0.3) is 16.9 Å². The minimum Gasteiger partial charge on any atom is -0.507 e. The van der Waals surface area contributed by atoms with Crippen LogP contribution in [-0.2, 0) is 0 Å². The Kier molecular flexibility index (Phi) is 3.47. The normalized spacial score (nSPS) is 11.2. The van der Waals surface area contributed by atoms with E-state index < -0.39 is 0 Å². The van der Waals surface area contributed by atoms with Crippen molar-refractivity contribution in [2.75, 3.05) is 0 Å². The zero-order valence-corrected chi connectivity index (χ0v) is 13.7. The van der Waals surface area contributed by atoms with Crippen molar-refractivity contribution in [2.45, 2.75) is 16.2 Å². The van der Waals surface area contributed by atoms with E-state index in [0.29, 0.717) is 5.56 Å². The molecule has 23 heavy (non-hydrogen) atoms. The van der Waals surface area contributed by atoms with Gasteiger partial charge in [-0.05, 0) is 19.1 Å². The Morgan fingerprint density at radius 2 is 2.04 bits per heavy atom. The quantitative estimate of drug-likeness (QED) is 0.615. The predicted molar refractivity (Wildman–Crippen MR) is 88.9 cm³/mol. The number of nitrogens with zero attached hydrogens (tertiary/aromatic N) is 5. The third-order valence-electron chi connectivity index (χ3n) is 3.25. The molecule has 4 aromatic rings. The number of benzene rings is 1. The zero-order valence-electron chi connectivity index (χ0n) is 12.0. The van der Waals surface area contributed by atoms with Gasteiger partial charge in [0, 0.05) is 17.8 Å². The second kappa shape index (κ2) is 5.64. The number of hydrogen-bond donors (Lipinski definition) is 1. The molecule has 1 N–H and O–H groups in total. The highest BCUT2D eigenvalue weighted by Gasteiger charge is 2.17. The van der Waals surface area contributed by atoms with Crippen LogP contribution in [0.4, 0.5) is 0 Å². The molecule has 3 heterocycles. The molecular formula is C15H11N5OS2. The molecule has 0 amide bonds. The third-order valence-corrected chi connectivity index (χ3v) is 5.15. The summed E-state index contributed by atoms with van der Waals surface area (Å²) in [5.41, 5.74) is 2.21. The first-order valence-corrected chi connectivity index (χ1v) is 8.45. The van der Waals surface area contributed by atoms with E-state index in [0.717, 1.165) is 25.6 Å². The number of phenolic OH excluding ortho intramolecular Hbond substituents is 1. The first-order valence-electron chi connectivity index (χ1n) is 6.81. The van der Waals surface area contributed by atoms with Gasteiger partial charge in [0.15, 0.2) is 9.99 Å². The molecule has 0 unspecified atom stereocenters. The first kappa shape index (κ1) is 14.2. The van der Waals surface area contributed by atoms with Gasteiger partial charge in [-0.1, -0.05) is 35.2 Å². The molecule has 0 aliphatic rings. The summed E-state index contributed by atoms with van der Waals surface area (Å²) in [6, 6.07) is 9.03.